The Hall–Kier alpha value is 0.0969. The lowest BCUT2D eigenvalue weighted by Crippen LogP contribution is -2.36. The van der Waals surface area contributed by atoms with Crippen LogP contribution in [-0.2, 0) is 8.85 Å². The summed E-state index contributed by atoms with van der Waals surface area (Å²) < 4.78 is 11.2. The lowest BCUT2D eigenvalue weighted by Gasteiger charge is -2.24. The molecule has 72 valence electrons. The summed E-state index contributed by atoms with van der Waals surface area (Å²) in [4.78, 5) is 0. The van der Waals surface area contributed by atoms with Gasteiger partial charge in [0.25, 0.3) is 0 Å². The van der Waals surface area contributed by atoms with E-state index in [0.717, 1.165) is 25.5 Å². The molecular weight excluding hydrogens is 170 g/mol. The van der Waals surface area contributed by atoms with Crippen LogP contribution >= 0.6 is 0 Å². The fourth-order valence-corrected chi connectivity index (χ4v) is 3.32. The second kappa shape index (κ2) is 5.69. The number of hydrogen-bond acceptors (Lipinski definition) is 3. The molecule has 1 rings (SSSR count). The number of nitrogens with two attached hydrogens (primary N) is 1. The van der Waals surface area contributed by atoms with E-state index in [1.165, 1.54) is 12.8 Å². The first-order valence-electron chi connectivity index (χ1n) is 4.85. The molecule has 1 heterocycles. The minimum absolute atomic E-state index is 0.0789. The molecule has 0 amide bonds. The Bertz CT molecular complexity index is 118. The van der Waals surface area contributed by atoms with Crippen molar-refractivity contribution in [2.75, 3.05) is 6.61 Å². The normalized spacial score (nSPS) is 27.0. The highest BCUT2D eigenvalue weighted by atomic mass is 28.3. The van der Waals surface area contributed by atoms with Crippen LogP contribution < -0.4 is 5.73 Å². The zero-order valence-electron chi connectivity index (χ0n) is 7.79. The van der Waals surface area contributed by atoms with Gasteiger partial charge in [-0.1, -0.05) is 13.3 Å². The molecular formula is C8H19NO2Si. The van der Waals surface area contributed by atoms with Gasteiger partial charge in [-0.2, -0.15) is 0 Å². The van der Waals surface area contributed by atoms with E-state index in [-0.39, 0.29) is 6.23 Å². The summed E-state index contributed by atoms with van der Waals surface area (Å²) >= 11 is 0. The summed E-state index contributed by atoms with van der Waals surface area (Å²) in [7, 11) is -1.34. The van der Waals surface area contributed by atoms with Crippen LogP contribution in [0.5, 0.6) is 0 Å². The molecule has 2 N–H and O–H groups in total. The summed E-state index contributed by atoms with van der Waals surface area (Å²) in [5.41, 5.74) is 5.75. The van der Waals surface area contributed by atoms with Gasteiger partial charge in [-0.15, -0.1) is 0 Å². The second-order valence-electron chi connectivity index (χ2n) is 3.26. The summed E-state index contributed by atoms with van der Waals surface area (Å²) in [5, 5.41) is 0. The van der Waals surface area contributed by atoms with Gasteiger partial charge in [0.15, 0.2) is 0 Å². The van der Waals surface area contributed by atoms with Crippen LogP contribution in [0.3, 0.4) is 0 Å². The molecule has 1 saturated heterocycles. The van der Waals surface area contributed by atoms with E-state index in [2.05, 4.69) is 6.92 Å². The van der Waals surface area contributed by atoms with Crippen molar-refractivity contribution in [2.45, 2.75) is 44.9 Å². The third-order valence-electron chi connectivity index (χ3n) is 2.04. The first kappa shape index (κ1) is 10.2. The summed E-state index contributed by atoms with van der Waals surface area (Å²) in [6.07, 6.45) is 4.41. The van der Waals surface area contributed by atoms with Gasteiger partial charge in [0.2, 0.25) is 0 Å². The zero-order valence-corrected chi connectivity index (χ0v) is 8.95. The van der Waals surface area contributed by atoms with Gasteiger partial charge >= 0.3 is 9.28 Å². The highest BCUT2D eigenvalue weighted by molar-refractivity contribution is 6.44. The van der Waals surface area contributed by atoms with Crippen molar-refractivity contribution in [1.82, 2.24) is 0 Å². The quantitative estimate of drug-likeness (QED) is 0.532. The van der Waals surface area contributed by atoms with Gasteiger partial charge in [0.1, 0.15) is 0 Å². The largest absolute Gasteiger partial charge is 0.396 e. The Labute approximate surface area is 76.1 Å². The van der Waals surface area contributed by atoms with E-state index in [0.29, 0.717) is 0 Å². The van der Waals surface area contributed by atoms with Crippen LogP contribution in [0, 0.1) is 0 Å². The van der Waals surface area contributed by atoms with Crippen LogP contribution in [0.4, 0.5) is 0 Å². The average Bonchev–Trinajstić information content (AvgIpc) is 2.06. The molecule has 12 heavy (non-hydrogen) atoms. The highest BCUT2D eigenvalue weighted by Gasteiger charge is 2.19. The van der Waals surface area contributed by atoms with Crippen molar-refractivity contribution in [3.8, 4) is 0 Å². The van der Waals surface area contributed by atoms with E-state index in [9.17, 15) is 0 Å². The summed E-state index contributed by atoms with van der Waals surface area (Å²) in [6, 6.07) is 1.14. The second-order valence-corrected chi connectivity index (χ2v) is 5.30. The first-order chi connectivity index (χ1) is 5.83. The van der Waals surface area contributed by atoms with Crippen LogP contribution in [0.25, 0.3) is 0 Å². The molecule has 2 unspecified atom stereocenters. The lowest BCUT2D eigenvalue weighted by molar-refractivity contribution is 0.121. The third-order valence-corrected chi connectivity index (χ3v) is 4.18. The van der Waals surface area contributed by atoms with Crippen LogP contribution in [0.2, 0.25) is 6.04 Å². The van der Waals surface area contributed by atoms with Crippen molar-refractivity contribution in [1.29, 1.82) is 0 Å². The molecule has 4 heteroatoms. The molecule has 0 aromatic rings. The fourth-order valence-electron chi connectivity index (χ4n) is 1.37. The highest BCUT2D eigenvalue weighted by Crippen LogP contribution is 2.13. The van der Waals surface area contributed by atoms with Gasteiger partial charge in [-0.05, 0) is 25.3 Å². The summed E-state index contributed by atoms with van der Waals surface area (Å²) in [6.45, 7) is 3.00. The number of rotatable bonds is 4. The van der Waals surface area contributed by atoms with Gasteiger partial charge in [-0.3, -0.25) is 0 Å². The van der Waals surface area contributed by atoms with Gasteiger partial charge in [0.05, 0.1) is 6.23 Å². The van der Waals surface area contributed by atoms with Gasteiger partial charge in [0, 0.05) is 6.61 Å². The van der Waals surface area contributed by atoms with Crippen LogP contribution in [-0.4, -0.2) is 22.1 Å². The zero-order chi connectivity index (χ0) is 8.81. The first-order valence-corrected chi connectivity index (χ1v) is 6.61. The van der Waals surface area contributed by atoms with Crippen molar-refractivity contribution in [2.24, 2.45) is 5.73 Å². The van der Waals surface area contributed by atoms with Crippen molar-refractivity contribution >= 4 is 9.28 Å². The number of hydrogen-bond donors (Lipinski definition) is 1. The molecule has 0 aliphatic carbocycles. The van der Waals surface area contributed by atoms with Crippen LogP contribution in [0.1, 0.15) is 32.6 Å². The molecule has 0 aromatic carbocycles. The maximum absolute atomic E-state index is 5.75. The molecule has 3 nitrogen and oxygen atoms in total. The summed E-state index contributed by atoms with van der Waals surface area (Å²) in [5.74, 6) is 0. The molecule has 0 spiro atoms. The average molecular weight is 189 g/mol. The third kappa shape index (κ3) is 3.67. The van der Waals surface area contributed by atoms with E-state index in [1.54, 1.807) is 0 Å². The standard InChI is InChI=1S/C8H19NO2Si/c1-2-5-8(9)11-12-7-4-3-6-10-12/h8,12H,2-7,9H2,1H3. The van der Waals surface area contributed by atoms with E-state index in [4.69, 9.17) is 14.6 Å². The molecule has 1 aliphatic rings. The van der Waals surface area contributed by atoms with E-state index >= 15 is 0 Å². The predicted octanol–water partition coefficient (Wildman–Crippen LogP) is 1.12. The topological polar surface area (TPSA) is 44.5 Å². The molecule has 0 aromatic heterocycles. The van der Waals surface area contributed by atoms with E-state index < -0.39 is 9.28 Å². The maximum atomic E-state index is 5.75. The van der Waals surface area contributed by atoms with Crippen molar-refractivity contribution in [3.63, 3.8) is 0 Å². The Kier molecular flexibility index (Phi) is 4.83. The maximum Gasteiger partial charge on any atom is 0.322 e. The molecule has 1 fully saturated rings. The van der Waals surface area contributed by atoms with Gasteiger partial charge < -0.3 is 14.6 Å². The lowest BCUT2D eigenvalue weighted by atomic mass is 10.3. The van der Waals surface area contributed by atoms with Gasteiger partial charge in [-0.25, -0.2) is 0 Å². The SMILES string of the molecule is CCCC(N)O[SiH]1CCCCO1. The van der Waals surface area contributed by atoms with Crippen LogP contribution in [0.15, 0.2) is 0 Å². The monoisotopic (exact) mass is 189 g/mol. The molecule has 0 saturated carbocycles. The van der Waals surface area contributed by atoms with E-state index in [1.807, 2.05) is 0 Å². The predicted molar refractivity (Wildman–Crippen MR) is 51.1 cm³/mol. The smallest absolute Gasteiger partial charge is 0.322 e. The minimum Gasteiger partial charge on any atom is -0.396 e. The Morgan fingerprint density at radius 3 is 3.00 bits per heavy atom. The minimum atomic E-state index is -1.34. The van der Waals surface area contributed by atoms with Crippen molar-refractivity contribution < 1.29 is 8.85 Å². The Morgan fingerprint density at radius 2 is 2.42 bits per heavy atom. The fraction of sp³-hybridized carbons (Fsp3) is 1.00. The molecule has 0 bridgehead atoms. The molecule has 1 aliphatic heterocycles. The van der Waals surface area contributed by atoms with Crippen molar-refractivity contribution in [3.05, 3.63) is 0 Å². The Balaban J connectivity index is 2.11. The Morgan fingerprint density at radius 1 is 1.58 bits per heavy atom. The molecule has 2 atom stereocenters. The molecule has 0 radical (unpaired) electrons.